The van der Waals surface area contributed by atoms with E-state index in [9.17, 15) is 0 Å². The third kappa shape index (κ3) is 3.28. The third-order valence-corrected chi connectivity index (χ3v) is 9.09. The van der Waals surface area contributed by atoms with Crippen molar-refractivity contribution in [2.75, 3.05) is 0 Å². The highest BCUT2D eigenvalue weighted by atomic mass is 15.2. The van der Waals surface area contributed by atoms with Gasteiger partial charge in [0.2, 0.25) is 5.95 Å². The molecule has 0 saturated heterocycles. The van der Waals surface area contributed by atoms with Crippen molar-refractivity contribution in [1.29, 1.82) is 0 Å². The van der Waals surface area contributed by atoms with Crippen LogP contribution < -0.4 is 0 Å². The SMILES string of the molecule is c1ccc2cc3c(cc2c1)[nH]c1c(-c2nc(-n4c5ccccc5c5cc6ccccc6cc54)nc4ccccc24)cccc13. The van der Waals surface area contributed by atoms with Gasteiger partial charge in [0.1, 0.15) is 0 Å². The number of rotatable bonds is 2. The quantitative estimate of drug-likeness (QED) is 0.229. The molecule has 0 amide bonds. The van der Waals surface area contributed by atoms with E-state index < -0.39 is 0 Å². The molecule has 10 aromatic rings. The molecule has 3 aromatic heterocycles. The highest BCUT2D eigenvalue weighted by Gasteiger charge is 2.19. The molecule has 0 aliphatic heterocycles. The molecule has 7 aromatic carbocycles. The highest BCUT2D eigenvalue weighted by Crippen LogP contribution is 2.39. The number of para-hydroxylation sites is 3. The van der Waals surface area contributed by atoms with Gasteiger partial charge in [-0.15, -0.1) is 0 Å². The summed E-state index contributed by atoms with van der Waals surface area (Å²) < 4.78 is 2.23. The van der Waals surface area contributed by atoms with E-state index in [1.807, 2.05) is 0 Å². The molecule has 0 aliphatic rings. The molecule has 4 nitrogen and oxygen atoms in total. The molecule has 0 radical (unpaired) electrons. The van der Waals surface area contributed by atoms with E-state index in [-0.39, 0.29) is 0 Å². The zero-order valence-electron chi connectivity index (χ0n) is 23.6. The zero-order chi connectivity index (χ0) is 28.8. The summed E-state index contributed by atoms with van der Waals surface area (Å²) in [6, 6.07) is 49.6. The summed E-state index contributed by atoms with van der Waals surface area (Å²) in [6.45, 7) is 0. The van der Waals surface area contributed by atoms with Crippen LogP contribution in [0.15, 0.2) is 140 Å². The summed E-state index contributed by atoms with van der Waals surface area (Å²) in [5.41, 5.74) is 7.29. The van der Waals surface area contributed by atoms with Crippen LogP contribution in [0.25, 0.3) is 93.3 Å². The summed E-state index contributed by atoms with van der Waals surface area (Å²) in [5, 5.41) is 10.7. The number of aromatic nitrogens is 4. The lowest BCUT2D eigenvalue weighted by Crippen LogP contribution is -2.03. The van der Waals surface area contributed by atoms with Crippen LogP contribution in [0.4, 0.5) is 0 Å². The van der Waals surface area contributed by atoms with Gasteiger partial charge >= 0.3 is 0 Å². The molecule has 10 rings (SSSR count). The van der Waals surface area contributed by atoms with Crippen LogP contribution in [-0.2, 0) is 0 Å². The normalized spacial score (nSPS) is 12.1. The maximum absolute atomic E-state index is 5.40. The van der Waals surface area contributed by atoms with Crippen molar-refractivity contribution < 1.29 is 0 Å². The first-order valence-corrected chi connectivity index (χ1v) is 14.9. The summed E-state index contributed by atoms with van der Waals surface area (Å²) in [4.78, 5) is 14.4. The number of aromatic amines is 1. The smallest absolute Gasteiger partial charge is 0.235 e. The van der Waals surface area contributed by atoms with Gasteiger partial charge in [-0.1, -0.05) is 103 Å². The minimum atomic E-state index is 0.666. The summed E-state index contributed by atoms with van der Waals surface area (Å²) in [6.07, 6.45) is 0. The average molecular weight is 561 g/mol. The van der Waals surface area contributed by atoms with Gasteiger partial charge < -0.3 is 4.98 Å². The lowest BCUT2D eigenvalue weighted by atomic mass is 10.0. The molecule has 0 spiro atoms. The second-order valence-corrected chi connectivity index (χ2v) is 11.6. The Hall–Kier alpha value is -6.00. The van der Waals surface area contributed by atoms with Gasteiger partial charge in [-0.3, -0.25) is 4.57 Å². The number of nitrogens with one attached hydrogen (secondary N) is 1. The first kappa shape index (κ1) is 23.6. The lowest BCUT2D eigenvalue weighted by molar-refractivity contribution is 1.01. The van der Waals surface area contributed by atoms with E-state index >= 15 is 0 Å². The molecular weight excluding hydrogens is 536 g/mol. The van der Waals surface area contributed by atoms with Crippen molar-refractivity contribution in [3.8, 4) is 17.2 Å². The Balaban J connectivity index is 1.31. The van der Waals surface area contributed by atoms with Crippen molar-refractivity contribution in [3.05, 3.63) is 140 Å². The monoisotopic (exact) mass is 560 g/mol. The predicted octanol–water partition coefficient (Wildman–Crippen LogP) is 10.3. The van der Waals surface area contributed by atoms with Gasteiger partial charge in [-0.05, 0) is 57.9 Å². The second-order valence-electron chi connectivity index (χ2n) is 11.6. The zero-order valence-corrected chi connectivity index (χ0v) is 23.6. The van der Waals surface area contributed by atoms with E-state index in [1.165, 1.54) is 43.1 Å². The van der Waals surface area contributed by atoms with Crippen LogP contribution in [0.2, 0.25) is 0 Å². The van der Waals surface area contributed by atoms with Gasteiger partial charge in [-0.2, -0.15) is 0 Å². The van der Waals surface area contributed by atoms with Gasteiger partial charge in [0.05, 0.1) is 27.8 Å². The Morgan fingerprint density at radius 2 is 1.09 bits per heavy atom. The molecule has 3 heterocycles. The van der Waals surface area contributed by atoms with E-state index in [0.29, 0.717) is 5.95 Å². The number of fused-ring (bicyclic) bond motifs is 9. The van der Waals surface area contributed by atoms with E-state index in [1.54, 1.807) is 0 Å². The number of hydrogen-bond acceptors (Lipinski definition) is 2. The maximum Gasteiger partial charge on any atom is 0.235 e. The molecular formula is C40H24N4. The average Bonchev–Trinajstić information content (AvgIpc) is 3.60. The molecule has 0 saturated carbocycles. The fourth-order valence-corrected chi connectivity index (χ4v) is 7.05. The van der Waals surface area contributed by atoms with Crippen LogP contribution in [-0.4, -0.2) is 19.5 Å². The molecule has 4 heteroatoms. The second kappa shape index (κ2) is 8.76. The number of benzene rings is 7. The fourth-order valence-electron chi connectivity index (χ4n) is 7.05. The third-order valence-electron chi connectivity index (χ3n) is 9.09. The van der Waals surface area contributed by atoms with Crippen molar-refractivity contribution in [2.24, 2.45) is 0 Å². The van der Waals surface area contributed by atoms with Crippen molar-refractivity contribution in [1.82, 2.24) is 19.5 Å². The lowest BCUT2D eigenvalue weighted by Gasteiger charge is -2.12. The van der Waals surface area contributed by atoms with Gasteiger partial charge in [0.25, 0.3) is 0 Å². The maximum atomic E-state index is 5.40. The Kier molecular flexibility index (Phi) is 4.69. The van der Waals surface area contributed by atoms with Crippen LogP contribution in [0.1, 0.15) is 0 Å². The largest absolute Gasteiger partial charge is 0.354 e. The van der Waals surface area contributed by atoms with Gasteiger partial charge in [-0.25, -0.2) is 9.97 Å². The van der Waals surface area contributed by atoms with Crippen molar-refractivity contribution in [3.63, 3.8) is 0 Å². The molecule has 0 unspecified atom stereocenters. The topological polar surface area (TPSA) is 46.5 Å². The molecule has 1 N–H and O–H groups in total. The first-order valence-electron chi connectivity index (χ1n) is 14.9. The van der Waals surface area contributed by atoms with Crippen LogP contribution in [0.5, 0.6) is 0 Å². The molecule has 0 aliphatic carbocycles. The Morgan fingerprint density at radius 3 is 1.91 bits per heavy atom. The minimum Gasteiger partial charge on any atom is -0.354 e. The van der Waals surface area contributed by atoms with Crippen LogP contribution in [0.3, 0.4) is 0 Å². The Morgan fingerprint density at radius 1 is 0.455 bits per heavy atom. The minimum absolute atomic E-state index is 0.666. The highest BCUT2D eigenvalue weighted by molar-refractivity contribution is 6.17. The summed E-state index contributed by atoms with van der Waals surface area (Å²) in [7, 11) is 0. The molecule has 44 heavy (non-hydrogen) atoms. The van der Waals surface area contributed by atoms with Crippen molar-refractivity contribution >= 4 is 76.1 Å². The first-order chi connectivity index (χ1) is 21.8. The van der Waals surface area contributed by atoms with Crippen molar-refractivity contribution in [2.45, 2.75) is 0 Å². The summed E-state index contributed by atoms with van der Waals surface area (Å²) >= 11 is 0. The molecule has 204 valence electrons. The Labute approximate surface area is 251 Å². The van der Waals surface area contributed by atoms with Gasteiger partial charge in [0.15, 0.2) is 0 Å². The number of nitrogens with zero attached hydrogens (tertiary/aromatic N) is 3. The van der Waals surface area contributed by atoms with Crippen LogP contribution in [0, 0.1) is 0 Å². The van der Waals surface area contributed by atoms with E-state index in [4.69, 9.17) is 9.97 Å². The Bertz CT molecular complexity index is 2780. The summed E-state index contributed by atoms with van der Waals surface area (Å²) in [5.74, 6) is 0.666. The van der Waals surface area contributed by atoms with Crippen LogP contribution >= 0.6 is 0 Å². The van der Waals surface area contributed by atoms with Gasteiger partial charge in [0, 0.05) is 38.0 Å². The molecule has 0 atom stereocenters. The van der Waals surface area contributed by atoms with E-state index in [2.05, 4.69) is 149 Å². The molecule has 0 bridgehead atoms. The standard InChI is InChI=1S/C40H24N4/c1-3-12-26-22-35-32(20-24(26)10-1)29-16-9-17-31(38(29)41-35)39-30-15-5-7-18-34(30)42-40(43-39)44-36-19-8-6-14-28(36)33-21-25-11-2-4-13-27(25)23-37(33)44/h1-23,41H. The fraction of sp³-hybridized carbons (Fsp3) is 0. The molecule has 0 fully saturated rings. The van der Waals surface area contributed by atoms with E-state index in [0.717, 1.165) is 44.2 Å². The predicted molar refractivity (Wildman–Crippen MR) is 184 cm³/mol. The number of hydrogen-bond donors (Lipinski definition) is 1. The number of H-pyrrole nitrogens is 1.